The minimum absolute atomic E-state index is 0.0639. The maximum atomic E-state index is 12.3. The highest BCUT2D eigenvalue weighted by Crippen LogP contribution is 2.23. The van der Waals surface area contributed by atoms with Crippen LogP contribution in [0.5, 0.6) is 0 Å². The van der Waals surface area contributed by atoms with Crippen LogP contribution in [0.1, 0.15) is 30.1 Å². The number of carbonyl (C=O) groups excluding carboxylic acids is 1. The number of amides is 1. The van der Waals surface area contributed by atoms with Crippen LogP contribution in [0.25, 0.3) is 0 Å². The molecule has 0 aromatic heterocycles. The standard InChI is InChI=1S/C16H25N3O2/c1-11(12-6-8-21-9-7-12)18-16(20)13-4-5-15(19(2)3)14(17)10-13/h4-5,10-12H,6-9,17H2,1-3H3,(H,18,20). The summed E-state index contributed by atoms with van der Waals surface area (Å²) < 4.78 is 5.36. The summed E-state index contributed by atoms with van der Waals surface area (Å²) in [5.74, 6) is 0.423. The van der Waals surface area contributed by atoms with E-state index < -0.39 is 0 Å². The average Bonchev–Trinajstić information content (AvgIpc) is 2.47. The first kappa shape index (κ1) is 15.6. The molecular formula is C16H25N3O2. The lowest BCUT2D eigenvalue weighted by Crippen LogP contribution is -2.40. The molecule has 1 aromatic carbocycles. The third kappa shape index (κ3) is 3.88. The number of nitrogen functional groups attached to an aromatic ring is 1. The summed E-state index contributed by atoms with van der Waals surface area (Å²) in [7, 11) is 3.86. The molecule has 0 bridgehead atoms. The summed E-state index contributed by atoms with van der Waals surface area (Å²) in [6, 6.07) is 5.58. The van der Waals surface area contributed by atoms with Crippen LogP contribution in [0.2, 0.25) is 0 Å². The molecule has 1 fully saturated rings. The zero-order valence-corrected chi connectivity index (χ0v) is 13.1. The van der Waals surface area contributed by atoms with E-state index >= 15 is 0 Å². The van der Waals surface area contributed by atoms with Gasteiger partial charge in [0.25, 0.3) is 5.91 Å². The van der Waals surface area contributed by atoms with Crippen molar-refractivity contribution in [2.75, 3.05) is 37.9 Å². The van der Waals surface area contributed by atoms with Crippen LogP contribution >= 0.6 is 0 Å². The molecule has 1 unspecified atom stereocenters. The first-order valence-corrected chi connectivity index (χ1v) is 7.44. The number of nitrogens with two attached hydrogens (primary N) is 1. The average molecular weight is 291 g/mol. The topological polar surface area (TPSA) is 67.6 Å². The van der Waals surface area contributed by atoms with Crippen LogP contribution in [-0.2, 0) is 4.74 Å². The predicted octanol–water partition coefficient (Wildman–Crippen LogP) is 1.88. The Morgan fingerprint density at radius 3 is 2.62 bits per heavy atom. The SMILES string of the molecule is CC(NC(=O)c1ccc(N(C)C)c(N)c1)C1CCOCC1. The van der Waals surface area contributed by atoms with Crippen LogP contribution in [0.15, 0.2) is 18.2 Å². The van der Waals surface area contributed by atoms with Gasteiger partial charge in [0, 0.05) is 38.9 Å². The molecule has 1 heterocycles. The van der Waals surface area contributed by atoms with Gasteiger partial charge in [0.1, 0.15) is 0 Å². The van der Waals surface area contributed by atoms with Crippen LogP contribution in [-0.4, -0.2) is 39.3 Å². The number of nitrogens with one attached hydrogen (secondary N) is 1. The van der Waals surface area contributed by atoms with Crippen molar-refractivity contribution >= 4 is 17.3 Å². The van der Waals surface area contributed by atoms with E-state index in [4.69, 9.17) is 10.5 Å². The summed E-state index contributed by atoms with van der Waals surface area (Å²) in [4.78, 5) is 14.3. The summed E-state index contributed by atoms with van der Waals surface area (Å²) >= 11 is 0. The lowest BCUT2D eigenvalue weighted by atomic mass is 9.93. The highest BCUT2D eigenvalue weighted by atomic mass is 16.5. The van der Waals surface area contributed by atoms with Crippen molar-refractivity contribution in [3.05, 3.63) is 23.8 Å². The van der Waals surface area contributed by atoms with Gasteiger partial charge in [-0.1, -0.05) is 0 Å². The summed E-state index contributed by atoms with van der Waals surface area (Å²) in [6.45, 7) is 3.64. The second-order valence-corrected chi connectivity index (χ2v) is 5.88. The Morgan fingerprint density at radius 1 is 1.38 bits per heavy atom. The molecule has 1 amide bonds. The summed E-state index contributed by atoms with van der Waals surface area (Å²) in [5, 5.41) is 3.08. The van der Waals surface area contributed by atoms with E-state index in [-0.39, 0.29) is 11.9 Å². The van der Waals surface area contributed by atoms with Crippen molar-refractivity contribution < 1.29 is 9.53 Å². The van der Waals surface area contributed by atoms with Gasteiger partial charge in [0.2, 0.25) is 0 Å². The van der Waals surface area contributed by atoms with Crippen molar-refractivity contribution in [3.63, 3.8) is 0 Å². The monoisotopic (exact) mass is 291 g/mol. The molecule has 3 N–H and O–H groups in total. The van der Waals surface area contributed by atoms with E-state index in [1.807, 2.05) is 31.1 Å². The molecule has 1 atom stereocenters. The number of ether oxygens (including phenoxy) is 1. The largest absolute Gasteiger partial charge is 0.397 e. The molecule has 5 heteroatoms. The molecule has 0 aliphatic carbocycles. The van der Waals surface area contributed by atoms with E-state index in [1.54, 1.807) is 6.07 Å². The number of nitrogens with zero attached hydrogens (tertiary/aromatic N) is 1. The number of anilines is 2. The first-order chi connectivity index (χ1) is 9.99. The third-order valence-corrected chi connectivity index (χ3v) is 4.10. The van der Waals surface area contributed by atoms with E-state index in [0.29, 0.717) is 17.2 Å². The van der Waals surface area contributed by atoms with Gasteiger partial charge in [-0.2, -0.15) is 0 Å². The van der Waals surface area contributed by atoms with Crippen LogP contribution in [0.4, 0.5) is 11.4 Å². The number of carbonyl (C=O) groups is 1. The Kier molecular flexibility index (Phi) is 5.07. The number of hydrogen-bond acceptors (Lipinski definition) is 4. The van der Waals surface area contributed by atoms with E-state index in [1.165, 1.54) is 0 Å². The van der Waals surface area contributed by atoms with Gasteiger partial charge in [0.15, 0.2) is 0 Å². The molecule has 116 valence electrons. The van der Waals surface area contributed by atoms with E-state index in [0.717, 1.165) is 31.7 Å². The Morgan fingerprint density at radius 2 is 2.05 bits per heavy atom. The van der Waals surface area contributed by atoms with Gasteiger partial charge >= 0.3 is 0 Å². The molecule has 1 saturated heterocycles. The van der Waals surface area contributed by atoms with Crippen molar-refractivity contribution in [3.8, 4) is 0 Å². The van der Waals surface area contributed by atoms with Crippen LogP contribution in [0, 0.1) is 5.92 Å². The number of rotatable bonds is 4. The summed E-state index contributed by atoms with van der Waals surface area (Å²) in [6.07, 6.45) is 2.01. The minimum atomic E-state index is -0.0639. The van der Waals surface area contributed by atoms with Crippen molar-refractivity contribution in [1.82, 2.24) is 5.32 Å². The smallest absolute Gasteiger partial charge is 0.251 e. The molecule has 5 nitrogen and oxygen atoms in total. The van der Waals surface area contributed by atoms with Gasteiger partial charge < -0.3 is 20.7 Å². The number of benzene rings is 1. The molecule has 1 aliphatic rings. The van der Waals surface area contributed by atoms with Gasteiger partial charge in [-0.3, -0.25) is 4.79 Å². The fourth-order valence-corrected chi connectivity index (χ4v) is 2.73. The second kappa shape index (κ2) is 6.80. The zero-order chi connectivity index (χ0) is 15.4. The molecule has 1 aliphatic heterocycles. The van der Waals surface area contributed by atoms with Crippen molar-refractivity contribution in [1.29, 1.82) is 0 Å². The normalized spacial score (nSPS) is 17.3. The van der Waals surface area contributed by atoms with Crippen LogP contribution < -0.4 is 16.0 Å². The first-order valence-electron chi connectivity index (χ1n) is 7.44. The predicted molar refractivity (Wildman–Crippen MR) is 85.7 cm³/mol. The fourth-order valence-electron chi connectivity index (χ4n) is 2.73. The van der Waals surface area contributed by atoms with E-state index in [2.05, 4.69) is 12.2 Å². The maximum absolute atomic E-state index is 12.3. The Hall–Kier alpha value is -1.75. The summed E-state index contributed by atoms with van der Waals surface area (Å²) in [5.41, 5.74) is 8.14. The van der Waals surface area contributed by atoms with Gasteiger partial charge in [-0.25, -0.2) is 0 Å². The lowest BCUT2D eigenvalue weighted by Gasteiger charge is -2.28. The Bertz CT molecular complexity index is 496. The lowest BCUT2D eigenvalue weighted by molar-refractivity contribution is 0.0538. The highest BCUT2D eigenvalue weighted by molar-refractivity contribution is 5.96. The quantitative estimate of drug-likeness (QED) is 0.831. The third-order valence-electron chi connectivity index (χ3n) is 4.10. The van der Waals surface area contributed by atoms with Crippen LogP contribution in [0.3, 0.4) is 0 Å². The van der Waals surface area contributed by atoms with Gasteiger partial charge in [-0.05, 0) is 43.9 Å². The van der Waals surface area contributed by atoms with Crippen molar-refractivity contribution in [2.24, 2.45) is 5.92 Å². The van der Waals surface area contributed by atoms with E-state index in [9.17, 15) is 4.79 Å². The van der Waals surface area contributed by atoms with Gasteiger partial charge in [-0.15, -0.1) is 0 Å². The zero-order valence-electron chi connectivity index (χ0n) is 13.1. The molecule has 0 saturated carbocycles. The van der Waals surface area contributed by atoms with Gasteiger partial charge in [0.05, 0.1) is 11.4 Å². The molecule has 0 spiro atoms. The fraction of sp³-hybridized carbons (Fsp3) is 0.562. The molecule has 2 rings (SSSR count). The molecule has 21 heavy (non-hydrogen) atoms. The highest BCUT2D eigenvalue weighted by Gasteiger charge is 2.22. The molecule has 0 radical (unpaired) electrons. The molecule has 1 aromatic rings. The van der Waals surface area contributed by atoms with Crippen molar-refractivity contribution in [2.45, 2.75) is 25.8 Å². The minimum Gasteiger partial charge on any atom is -0.397 e. The second-order valence-electron chi connectivity index (χ2n) is 5.88. The molecular weight excluding hydrogens is 266 g/mol. The Labute approximate surface area is 126 Å². The number of hydrogen-bond donors (Lipinski definition) is 2. The maximum Gasteiger partial charge on any atom is 0.251 e. The Balaban J connectivity index is 2.01.